The minimum absolute atomic E-state index is 0.0468. The summed E-state index contributed by atoms with van der Waals surface area (Å²) in [5, 5.41) is 3.26. The molecule has 1 nitrogen and oxygen atoms in total. The molecule has 0 bridgehead atoms. The van der Waals surface area contributed by atoms with Crippen LogP contribution in [-0.4, -0.2) is 6.54 Å². The zero-order chi connectivity index (χ0) is 10.6. The van der Waals surface area contributed by atoms with Gasteiger partial charge in [0.1, 0.15) is 5.82 Å². The zero-order valence-corrected chi connectivity index (χ0v) is 10.1. The molecule has 0 saturated heterocycles. The molecule has 0 aliphatic rings. The molecular weight excluding hydrogens is 245 g/mol. The highest BCUT2D eigenvalue weighted by molar-refractivity contribution is 9.10. The van der Waals surface area contributed by atoms with Crippen LogP contribution in [0.5, 0.6) is 0 Å². The molecule has 0 spiro atoms. The molecule has 0 aliphatic carbocycles. The van der Waals surface area contributed by atoms with Crippen LogP contribution in [-0.2, 0) is 0 Å². The van der Waals surface area contributed by atoms with Crippen molar-refractivity contribution in [1.29, 1.82) is 0 Å². The zero-order valence-electron chi connectivity index (χ0n) is 8.48. The average Bonchev–Trinajstić information content (AvgIpc) is 2.14. The highest BCUT2D eigenvalue weighted by atomic mass is 79.9. The van der Waals surface area contributed by atoms with Crippen LogP contribution < -0.4 is 5.32 Å². The third kappa shape index (κ3) is 2.79. The van der Waals surface area contributed by atoms with Gasteiger partial charge in [0, 0.05) is 16.1 Å². The van der Waals surface area contributed by atoms with Gasteiger partial charge in [0.2, 0.25) is 0 Å². The lowest BCUT2D eigenvalue weighted by Gasteiger charge is -2.15. The van der Waals surface area contributed by atoms with Gasteiger partial charge in [-0.3, -0.25) is 0 Å². The van der Waals surface area contributed by atoms with Crippen molar-refractivity contribution >= 4 is 15.9 Å². The molecule has 0 aromatic heterocycles. The Morgan fingerprint density at radius 1 is 1.50 bits per heavy atom. The van der Waals surface area contributed by atoms with Crippen LogP contribution in [0.2, 0.25) is 0 Å². The van der Waals surface area contributed by atoms with Crippen molar-refractivity contribution in [3.63, 3.8) is 0 Å². The predicted octanol–water partition coefficient (Wildman–Crippen LogP) is 3.65. The van der Waals surface area contributed by atoms with Crippen molar-refractivity contribution in [3.8, 4) is 0 Å². The fraction of sp³-hybridized carbons (Fsp3) is 0.455. The van der Waals surface area contributed by atoms with Gasteiger partial charge in [-0.1, -0.05) is 28.9 Å². The van der Waals surface area contributed by atoms with Gasteiger partial charge in [-0.15, -0.1) is 0 Å². The molecule has 0 aliphatic heterocycles. The van der Waals surface area contributed by atoms with Crippen LogP contribution in [0.1, 0.15) is 31.9 Å². The van der Waals surface area contributed by atoms with Crippen LogP contribution in [0.3, 0.4) is 0 Å². The SMILES string of the molecule is CCCNC(C)c1c(F)cccc1Br. The van der Waals surface area contributed by atoms with Gasteiger partial charge in [-0.25, -0.2) is 4.39 Å². The van der Waals surface area contributed by atoms with E-state index in [1.807, 2.05) is 13.0 Å². The lowest BCUT2D eigenvalue weighted by molar-refractivity contribution is 0.525. The summed E-state index contributed by atoms with van der Waals surface area (Å²) in [6.07, 6.45) is 1.05. The van der Waals surface area contributed by atoms with Crippen LogP contribution in [0.4, 0.5) is 4.39 Å². The summed E-state index contributed by atoms with van der Waals surface area (Å²) in [6, 6.07) is 5.10. The first-order chi connectivity index (χ1) is 6.66. The normalized spacial score (nSPS) is 12.9. The minimum Gasteiger partial charge on any atom is -0.310 e. The van der Waals surface area contributed by atoms with Crippen molar-refractivity contribution < 1.29 is 4.39 Å². The molecule has 0 saturated carbocycles. The second kappa shape index (κ2) is 5.47. The lowest BCUT2D eigenvalue weighted by atomic mass is 10.1. The van der Waals surface area contributed by atoms with Gasteiger partial charge in [0.05, 0.1) is 0 Å². The Morgan fingerprint density at radius 3 is 2.79 bits per heavy atom. The van der Waals surface area contributed by atoms with E-state index in [-0.39, 0.29) is 11.9 Å². The molecular formula is C11H15BrFN. The molecule has 14 heavy (non-hydrogen) atoms. The third-order valence-electron chi connectivity index (χ3n) is 2.13. The van der Waals surface area contributed by atoms with Crippen LogP contribution in [0.25, 0.3) is 0 Å². The van der Waals surface area contributed by atoms with Gasteiger partial charge >= 0.3 is 0 Å². The molecule has 1 aromatic carbocycles. The van der Waals surface area contributed by atoms with Crippen LogP contribution >= 0.6 is 15.9 Å². The smallest absolute Gasteiger partial charge is 0.129 e. The van der Waals surface area contributed by atoms with E-state index < -0.39 is 0 Å². The molecule has 78 valence electrons. The first kappa shape index (κ1) is 11.7. The summed E-state index contributed by atoms with van der Waals surface area (Å²) in [6.45, 7) is 4.97. The second-order valence-corrected chi connectivity index (χ2v) is 4.17. The quantitative estimate of drug-likeness (QED) is 0.871. The summed E-state index contributed by atoms with van der Waals surface area (Å²) < 4.78 is 14.3. The molecule has 1 unspecified atom stereocenters. The monoisotopic (exact) mass is 259 g/mol. The van der Waals surface area contributed by atoms with Crippen LogP contribution in [0, 0.1) is 5.82 Å². The topological polar surface area (TPSA) is 12.0 Å². The standard InChI is InChI=1S/C11H15BrFN/c1-3-7-14-8(2)11-9(12)5-4-6-10(11)13/h4-6,8,14H,3,7H2,1-2H3. The van der Waals surface area contributed by atoms with E-state index in [0.29, 0.717) is 5.56 Å². The maximum absolute atomic E-state index is 13.5. The Kier molecular flexibility index (Phi) is 4.55. The second-order valence-electron chi connectivity index (χ2n) is 3.31. The number of hydrogen-bond acceptors (Lipinski definition) is 1. The number of hydrogen-bond donors (Lipinski definition) is 1. The lowest BCUT2D eigenvalue weighted by Crippen LogP contribution is -2.20. The highest BCUT2D eigenvalue weighted by Gasteiger charge is 2.12. The number of benzene rings is 1. The summed E-state index contributed by atoms with van der Waals surface area (Å²) >= 11 is 3.36. The van der Waals surface area contributed by atoms with Gasteiger partial charge in [0.15, 0.2) is 0 Å². The third-order valence-corrected chi connectivity index (χ3v) is 2.82. The van der Waals surface area contributed by atoms with E-state index in [0.717, 1.165) is 17.4 Å². The Hall–Kier alpha value is -0.410. The van der Waals surface area contributed by atoms with E-state index in [1.54, 1.807) is 6.07 Å². The molecule has 1 aromatic rings. The summed E-state index contributed by atoms with van der Waals surface area (Å²) in [4.78, 5) is 0. The Balaban J connectivity index is 2.82. The minimum atomic E-state index is -0.157. The molecule has 0 radical (unpaired) electrons. The molecule has 0 fully saturated rings. The first-order valence-corrected chi connectivity index (χ1v) is 5.63. The van der Waals surface area contributed by atoms with Gasteiger partial charge in [0.25, 0.3) is 0 Å². The van der Waals surface area contributed by atoms with E-state index in [9.17, 15) is 4.39 Å². The van der Waals surface area contributed by atoms with Crippen molar-refractivity contribution in [2.45, 2.75) is 26.3 Å². The Labute approximate surface area is 92.8 Å². The molecule has 1 N–H and O–H groups in total. The molecule has 0 heterocycles. The summed E-state index contributed by atoms with van der Waals surface area (Å²) in [7, 11) is 0. The Bertz CT molecular complexity index is 281. The van der Waals surface area contributed by atoms with E-state index in [2.05, 4.69) is 28.2 Å². The predicted molar refractivity (Wildman–Crippen MR) is 60.8 cm³/mol. The number of nitrogens with one attached hydrogen (secondary N) is 1. The fourth-order valence-corrected chi connectivity index (χ4v) is 2.07. The Morgan fingerprint density at radius 2 is 2.21 bits per heavy atom. The van der Waals surface area contributed by atoms with Crippen molar-refractivity contribution in [3.05, 3.63) is 34.1 Å². The van der Waals surface area contributed by atoms with Crippen molar-refractivity contribution in [2.24, 2.45) is 0 Å². The van der Waals surface area contributed by atoms with Gasteiger partial charge in [-0.05, 0) is 32.0 Å². The van der Waals surface area contributed by atoms with Crippen LogP contribution in [0.15, 0.2) is 22.7 Å². The first-order valence-electron chi connectivity index (χ1n) is 4.84. The maximum atomic E-state index is 13.5. The molecule has 1 rings (SSSR count). The maximum Gasteiger partial charge on any atom is 0.129 e. The van der Waals surface area contributed by atoms with Gasteiger partial charge < -0.3 is 5.32 Å². The molecule has 1 atom stereocenters. The fourth-order valence-electron chi connectivity index (χ4n) is 1.39. The summed E-state index contributed by atoms with van der Waals surface area (Å²) in [5.41, 5.74) is 0.709. The van der Waals surface area contributed by atoms with E-state index in [1.165, 1.54) is 6.07 Å². The van der Waals surface area contributed by atoms with Gasteiger partial charge in [-0.2, -0.15) is 0 Å². The van der Waals surface area contributed by atoms with Crippen molar-refractivity contribution in [2.75, 3.05) is 6.54 Å². The number of rotatable bonds is 4. The largest absolute Gasteiger partial charge is 0.310 e. The van der Waals surface area contributed by atoms with E-state index in [4.69, 9.17) is 0 Å². The summed E-state index contributed by atoms with van der Waals surface area (Å²) in [5.74, 6) is -0.157. The van der Waals surface area contributed by atoms with E-state index >= 15 is 0 Å². The molecule has 3 heteroatoms. The highest BCUT2D eigenvalue weighted by Crippen LogP contribution is 2.25. The average molecular weight is 260 g/mol. The van der Waals surface area contributed by atoms with Crippen molar-refractivity contribution in [1.82, 2.24) is 5.32 Å². The number of halogens is 2. The molecule has 0 amide bonds.